The van der Waals surface area contributed by atoms with E-state index in [1.54, 1.807) is 32.9 Å². The van der Waals surface area contributed by atoms with Crippen LogP contribution in [0.3, 0.4) is 0 Å². The smallest absolute Gasteiger partial charge is 0.258 e. The van der Waals surface area contributed by atoms with Crippen molar-refractivity contribution in [1.29, 1.82) is 0 Å². The van der Waals surface area contributed by atoms with Gasteiger partial charge in [-0.3, -0.25) is 10.1 Å². The van der Waals surface area contributed by atoms with E-state index in [2.05, 4.69) is 20.9 Å². The molecule has 25 heavy (non-hydrogen) atoms. The number of rotatable bonds is 6. The second-order valence-electron chi connectivity index (χ2n) is 6.05. The zero-order valence-electron chi connectivity index (χ0n) is 14.8. The second-order valence-corrected chi connectivity index (χ2v) is 6.85. The fraction of sp³-hybridized carbons (Fsp3) is 0.500. The summed E-state index contributed by atoms with van der Waals surface area (Å²) >= 11 is 3.22. The minimum atomic E-state index is -0.603. The van der Waals surface area contributed by atoms with Gasteiger partial charge in [0.15, 0.2) is 0 Å². The van der Waals surface area contributed by atoms with E-state index in [1.807, 2.05) is 6.92 Å². The zero-order chi connectivity index (χ0) is 19.5. The average Bonchev–Trinajstić information content (AvgIpc) is 2.50. The number of alkyl halides is 1. The summed E-state index contributed by atoms with van der Waals surface area (Å²) in [5, 5.41) is 10.7. The fourth-order valence-corrected chi connectivity index (χ4v) is 1.97. The van der Waals surface area contributed by atoms with Crippen LogP contribution >= 0.6 is 15.9 Å². The first-order valence-corrected chi connectivity index (χ1v) is 8.69. The Balaban J connectivity index is 0.000000496. The van der Waals surface area contributed by atoms with Crippen LogP contribution < -0.4 is 0 Å². The molecule has 0 amide bonds. The van der Waals surface area contributed by atoms with Crippen LogP contribution in [0.25, 0.3) is 0 Å². The van der Waals surface area contributed by atoms with Crippen molar-refractivity contribution < 1.29 is 19.2 Å². The number of benzene rings is 1. The van der Waals surface area contributed by atoms with Crippen molar-refractivity contribution in [1.82, 2.24) is 0 Å². The standard InChI is InChI=1S/C9H15BBrNO3.C7H7NO2/c1-9(2,3)15-8(13)7(4-5-11)12-6-10-14;1-6-2-4-7(5-3-6)8(9)10/h6-7H,4-5H2,1-3H3;2-5H,1H3. The number of carbonyl (C=O) groups is 1. The summed E-state index contributed by atoms with van der Waals surface area (Å²) in [6.07, 6.45) is 1.59. The summed E-state index contributed by atoms with van der Waals surface area (Å²) in [6.45, 7) is 7.27. The van der Waals surface area contributed by atoms with Crippen molar-refractivity contribution >= 4 is 40.9 Å². The van der Waals surface area contributed by atoms with Gasteiger partial charge in [0.05, 0.1) is 4.92 Å². The monoisotopic (exact) mass is 412 g/mol. The third-order valence-corrected chi connectivity index (χ3v) is 3.09. The van der Waals surface area contributed by atoms with E-state index in [1.165, 1.54) is 12.1 Å². The molecule has 0 N–H and O–H groups in total. The largest absolute Gasteiger partial charge is 0.269 e. The van der Waals surface area contributed by atoms with Crippen LogP contribution in [-0.4, -0.2) is 41.1 Å². The zero-order valence-corrected chi connectivity index (χ0v) is 16.4. The number of halogens is 1. The summed E-state index contributed by atoms with van der Waals surface area (Å²) in [4.78, 5) is 25.1. The van der Waals surface area contributed by atoms with Gasteiger partial charge in [-0.25, -0.2) is 0 Å². The van der Waals surface area contributed by atoms with Gasteiger partial charge in [-0.15, -0.1) is 0 Å². The predicted octanol–water partition coefficient (Wildman–Crippen LogP) is 3.46. The average molecular weight is 413 g/mol. The number of hydrogen-bond acceptors (Lipinski definition) is 6. The maximum Gasteiger partial charge on any atom is 0.269 e. The summed E-state index contributed by atoms with van der Waals surface area (Å²) in [5.41, 5.74) is 0.648. The molecule has 0 bridgehead atoms. The molecule has 1 unspecified atom stereocenters. The molecule has 7 nitrogen and oxygen atoms in total. The quantitative estimate of drug-likeness (QED) is 0.178. The van der Waals surface area contributed by atoms with Crippen LogP contribution in [-0.2, 0) is 14.2 Å². The van der Waals surface area contributed by atoms with E-state index in [-0.39, 0.29) is 5.69 Å². The Morgan fingerprint density at radius 2 is 1.96 bits per heavy atom. The van der Waals surface area contributed by atoms with Crippen LogP contribution in [0.5, 0.6) is 0 Å². The van der Waals surface area contributed by atoms with Gasteiger partial charge in [0, 0.05) is 12.1 Å². The topological polar surface area (TPSA) is 98.9 Å². The van der Waals surface area contributed by atoms with Crippen LogP contribution in [0.2, 0.25) is 0 Å². The minimum Gasteiger partial charge on any atom is -0.258 e. The molecule has 1 rings (SSSR count). The maximum atomic E-state index is 11.6. The van der Waals surface area contributed by atoms with Crippen molar-refractivity contribution in [3.63, 3.8) is 0 Å². The van der Waals surface area contributed by atoms with E-state index < -0.39 is 22.5 Å². The molecule has 0 saturated heterocycles. The summed E-state index contributed by atoms with van der Waals surface area (Å²) in [7, 11) is 0.547. The van der Waals surface area contributed by atoms with Crippen LogP contribution in [0.4, 0.5) is 5.69 Å². The molecule has 0 saturated carbocycles. The Kier molecular flexibility index (Phi) is 10.7. The molecule has 0 spiro atoms. The van der Waals surface area contributed by atoms with Crippen LogP contribution in [0, 0.1) is 17.0 Å². The van der Waals surface area contributed by atoms with Crippen molar-refractivity contribution in [3.05, 3.63) is 39.9 Å². The molecule has 0 radical (unpaired) electrons. The SMILES string of the molecule is CC(C)(C)OC(=O)C(CCBr)N=CB=O.Cc1ccc([N+](=O)[O-])cc1. The molecule has 0 aromatic heterocycles. The summed E-state index contributed by atoms with van der Waals surface area (Å²) in [6, 6.07) is 5.83. The molecular formula is C16H22BBrN2O5. The molecule has 1 aromatic rings. The predicted molar refractivity (Wildman–Crippen MR) is 101 cm³/mol. The van der Waals surface area contributed by atoms with E-state index in [0.29, 0.717) is 18.9 Å². The number of hydrogen-bond donors (Lipinski definition) is 0. The van der Waals surface area contributed by atoms with Crippen molar-refractivity contribution in [2.45, 2.75) is 45.8 Å². The molecule has 0 aliphatic heterocycles. The van der Waals surface area contributed by atoms with Crippen molar-refractivity contribution in [2.24, 2.45) is 4.99 Å². The number of nitrogens with zero attached hydrogens (tertiary/aromatic N) is 2. The first kappa shape index (κ1) is 23.1. The summed E-state index contributed by atoms with van der Waals surface area (Å²) < 4.78 is 15.3. The minimum absolute atomic E-state index is 0.144. The van der Waals surface area contributed by atoms with Gasteiger partial charge in [-0.1, -0.05) is 17.7 Å². The van der Waals surface area contributed by atoms with E-state index >= 15 is 0 Å². The Morgan fingerprint density at radius 1 is 1.40 bits per heavy atom. The number of non-ortho nitro benzene ring substituents is 1. The number of aliphatic imine (C=N–C) groups is 1. The Hall–Kier alpha value is -1.90. The number of esters is 1. The molecule has 136 valence electrons. The molecule has 0 aliphatic carbocycles. The number of nitro benzene ring substituents is 1. The molecule has 9 heteroatoms. The van der Waals surface area contributed by atoms with Crippen LogP contribution in [0.15, 0.2) is 29.3 Å². The Labute approximate surface area is 156 Å². The van der Waals surface area contributed by atoms with Gasteiger partial charge < -0.3 is 0 Å². The first-order valence-electron chi connectivity index (χ1n) is 7.57. The van der Waals surface area contributed by atoms with E-state index in [4.69, 9.17) is 4.74 Å². The van der Waals surface area contributed by atoms with Gasteiger partial charge in [0.25, 0.3) is 5.69 Å². The van der Waals surface area contributed by atoms with Gasteiger partial charge >= 0.3 is 98.6 Å². The number of aryl methyl sites for hydroxylation is 1. The number of nitro groups is 1. The van der Waals surface area contributed by atoms with Gasteiger partial charge in [0.2, 0.25) is 0 Å². The Bertz CT molecular complexity index is 600. The second kappa shape index (κ2) is 11.6. The van der Waals surface area contributed by atoms with Crippen molar-refractivity contribution in [2.75, 3.05) is 5.33 Å². The Morgan fingerprint density at radius 3 is 2.36 bits per heavy atom. The molecule has 0 heterocycles. The fourth-order valence-electron chi connectivity index (χ4n) is 1.53. The van der Waals surface area contributed by atoms with Gasteiger partial charge in [-0.2, -0.15) is 0 Å². The molecular weight excluding hydrogens is 391 g/mol. The molecule has 1 aromatic carbocycles. The third-order valence-electron chi connectivity index (χ3n) is 2.63. The maximum absolute atomic E-state index is 11.6. The van der Waals surface area contributed by atoms with Gasteiger partial charge in [0.1, 0.15) is 0 Å². The first-order chi connectivity index (χ1) is 11.6. The van der Waals surface area contributed by atoms with Crippen LogP contribution in [0.1, 0.15) is 32.8 Å². The molecule has 1 atom stereocenters. The number of ether oxygens (including phenoxy) is 1. The molecule has 0 aliphatic rings. The normalized spacial score (nSPS) is 11.9. The molecule has 0 fully saturated rings. The van der Waals surface area contributed by atoms with Gasteiger partial charge in [-0.05, 0) is 6.92 Å². The van der Waals surface area contributed by atoms with Crippen molar-refractivity contribution in [3.8, 4) is 0 Å². The van der Waals surface area contributed by atoms with E-state index in [0.717, 1.165) is 11.7 Å². The third kappa shape index (κ3) is 11.3. The summed E-state index contributed by atoms with van der Waals surface area (Å²) in [5.74, 6) is -0.403. The van der Waals surface area contributed by atoms with E-state index in [9.17, 15) is 19.6 Å². The number of carbonyl (C=O) groups excluding carboxylic acids is 1.